The van der Waals surface area contributed by atoms with E-state index in [-0.39, 0.29) is 31.3 Å². The minimum absolute atomic E-state index is 0.0677. The molecule has 0 saturated carbocycles. The van der Waals surface area contributed by atoms with Crippen LogP contribution in [0.15, 0.2) is 16.8 Å². The van der Waals surface area contributed by atoms with Crippen molar-refractivity contribution in [1.29, 1.82) is 0 Å². The second-order valence-corrected chi connectivity index (χ2v) is 5.36. The smallest absolute Gasteiger partial charge is 0.223 e. The van der Waals surface area contributed by atoms with Crippen LogP contribution >= 0.6 is 0 Å². The van der Waals surface area contributed by atoms with Crippen molar-refractivity contribution in [3.63, 3.8) is 0 Å². The molecule has 1 aromatic rings. The zero-order valence-electron chi connectivity index (χ0n) is 12.2. The van der Waals surface area contributed by atoms with Crippen molar-refractivity contribution in [1.82, 2.24) is 15.4 Å². The van der Waals surface area contributed by atoms with Gasteiger partial charge in [-0.15, -0.1) is 0 Å². The fourth-order valence-corrected chi connectivity index (χ4v) is 2.86. The van der Waals surface area contributed by atoms with Crippen LogP contribution in [0.1, 0.15) is 31.4 Å². The van der Waals surface area contributed by atoms with Crippen molar-refractivity contribution < 1.29 is 19.2 Å². The number of aryl methyl sites for hydroxylation is 1. The van der Waals surface area contributed by atoms with Crippen LogP contribution in [0.5, 0.6) is 0 Å². The van der Waals surface area contributed by atoms with Gasteiger partial charge in [-0.25, -0.2) is 0 Å². The third-order valence-corrected chi connectivity index (χ3v) is 4.04. The lowest BCUT2D eigenvalue weighted by molar-refractivity contribution is -0.139. The SMILES string of the molecule is CNC(=O)CC1(CO)CCCN1C(=O)CCc1ccno1. The van der Waals surface area contributed by atoms with Crippen molar-refractivity contribution in [2.24, 2.45) is 0 Å². The van der Waals surface area contributed by atoms with Gasteiger partial charge in [-0.2, -0.15) is 0 Å². The molecule has 1 atom stereocenters. The molecule has 1 fully saturated rings. The van der Waals surface area contributed by atoms with E-state index in [4.69, 9.17) is 4.52 Å². The van der Waals surface area contributed by atoms with Crippen molar-refractivity contribution >= 4 is 11.8 Å². The Bertz CT molecular complexity index is 488. The largest absolute Gasteiger partial charge is 0.394 e. The molecule has 0 spiro atoms. The maximum atomic E-state index is 12.4. The molecule has 0 aromatic carbocycles. The van der Waals surface area contributed by atoms with Gasteiger partial charge < -0.3 is 19.8 Å². The molecule has 1 unspecified atom stereocenters. The number of rotatable bonds is 6. The molecule has 2 amide bonds. The second-order valence-electron chi connectivity index (χ2n) is 5.36. The highest BCUT2D eigenvalue weighted by atomic mass is 16.5. The van der Waals surface area contributed by atoms with Crippen LogP contribution in [0.25, 0.3) is 0 Å². The van der Waals surface area contributed by atoms with Gasteiger partial charge in [0.05, 0.1) is 24.8 Å². The topological polar surface area (TPSA) is 95.7 Å². The number of amides is 2. The van der Waals surface area contributed by atoms with Gasteiger partial charge in [0.2, 0.25) is 11.8 Å². The van der Waals surface area contributed by atoms with Gasteiger partial charge in [0, 0.05) is 32.5 Å². The monoisotopic (exact) mass is 295 g/mol. The fourth-order valence-electron chi connectivity index (χ4n) is 2.86. The lowest BCUT2D eigenvalue weighted by Gasteiger charge is -2.36. The van der Waals surface area contributed by atoms with E-state index in [0.717, 1.165) is 6.42 Å². The summed E-state index contributed by atoms with van der Waals surface area (Å²) < 4.78 is 4.97. The molecule has 1 aliphatic heterocycles. The summed E-state index contributed by atoms with van der Waals surface area (Å²) in [6, 6.07) is 1.72. The summed E-state index contributed by atoms with van der Waals surface area (Å²) in [6.07, 6.45) is 3.87. The normalized spacial score (nSPS) is 21.5. The molecule has 2 rings (SSSR count). The Labute approximate surface area is 123 Å². The van der Waals surface area contributed by atoms with Crippen molar-refractivity contribution in [3.8, 4) is 0 Å². The summed E-state index contributed by atoms with van der Waals surface area (Å²) in [6.45, 7) is 0.376. The van der Waals surface area contributed by atoms with Gasteiger partial charge >= 0.3 is 0 Å². The average Bonchev–Trinajstić information content (AvgIpc) is 3.14. The highest BCUT2D eigenvalue weighted by Crippen LogP contribution is 2.33. The maximum absolute atomic E-state index is 12.4. The van der Waals surface area contributed by atoms with Gasteiger partial charge in [0.25, 0.3) is 0 Å². The van der Waals surface area contributed by atoms with Gasteiger partial charge in [-0.1, -0.05) is 5.16 Å². The van der Waals surface area contributed by atoms with E-state index in [1.165, 1.54) is 0 Å². The third kappa shape index (κ3) is 3.41. The first-order valence-corrected chi connectivity index (χ1v) is 7.13. The Morgan fingerprint density at radius 1 is 1.57 bits per heavy atom. The first-order chi connectivity index (χ1) is 10.1. The number of hydrogen-bond donors (Lipinski definition) is 2. The number of hydrogen-bond acceptors (Lipinski definition) is 5. The third-order valence-electron chi connectivity index (χ3n) is 4.04. The molecule has 0 bridgehead atoms. The Kier molecular flexibility index (Phi) is 4.95. The summed E-state index contributed by atoms with van der Waals surface area (Å²) in [4.78, 5) is 25.7. The van der Waals surface area contributed by atoms with Crippen LogP contribution in [0.2, 0.25) is 0 Å². The predicted molar refractivity (Wildman–Crippen MR) is 74.3 cm³/mol. The molecule has 0 radical (unpaired) electrons. The van der Waals surface area contributed by atoms with E-state index in [2.05, 4.69) is 10.5 Å². The van der Waals surface area contributed by atoms with E-state index < -0.39 is 5.54 Å². The van der Waals surface area contributed by atoms with Crippen molar-refractivity contribution in [2.75, 3.05) is 20.2 Å². The summed E-state index contributed by atoms with van der Waals surface area (Å²) in [5.74, 6) is 0.421. The number of aliphatic hydroxyl groups excluding tert-OH is 1. The zero-order chi connectivity index (χ0) is 15.3. The number of aliphatic hydroxyl groups is 1. The van der Waals surface area contributed by atoms with Crippen LogP contribution < -0.4 is 5.32 Å². The minimum Gasteiger partial charge on any atom is -0.394 e. The molecule has 1 aliphatic rings. The molecule has 2 N–H and O–H groups in total. The maximum Gasteiger partial charge on any atom is 0.223 e. The Morgan fingerprint density at radius 3 is 3.00 bits per heavy atom. The lowest BCUT2D eigenvalue weighted by Crippen LogP contribution is -2.52. The first-order valence-electron chi connectivity index (χ1n) is 7.13. The minimum atomic E-state index is -0.765. The second kappa shape index (κ2) is 6.71. The Balaban J connectivity index is 2.01. The van der Waals surface area contributed by atoms with Gasteiger partial charge in [-0.3, -0.25) is 9.59 Å². The van der Waals surface area contributed by atoms with Gasteiger partial charge in [-0.05, 0) is 12.8 Å². The number of nitrogens with zero attached hydrogens (tertiary/aromatic N) is 2. The average molecular weight is 295 g/mol. The Morgan fingerprint density at radius 2 is 2.38 bits per heavy atom. The van der Waals surface area contributed by atoms with Crippen LogP contribution in [0, 0.1) is 0 Å². The molecule has 116 valence electrons. The first kappa shape index (κ1) is 15.5. The number of aromatic nitrogens is 1. The number of likely N-dealkylation sites (tertiary alicyclic amines) is 1. The highest BCUT2D eigenvalue weighted by Gasteiger charge is 2.44. The molecule has 21 heavy (non-hydrogen) atoms. The van der Waals surface area contributed by atoms with Crippen LogP contribution in [-0.2, 0) is 16.0 Å². The number of nitrogens with one attached hydrogen (secondary N) is 1. The van der Waals surface area contributed by atoms with E-state index in [9.17, 15) is 14.7 Å². The lowest BCUT2D eigenvalue weighted by atomic mass is 9.92. The molecule has 7 heteroatoms. The summed E-state index contributed by atoms with van der Waals surface area (Å²) in [5.41, 5.74) is -0.765. The highest BCUT2D eigenvalue weighted by molar-refractivity contribution is 5.81. The van der Waals surface area contributed by atoms with Crippen molar-refractivity contribution in [3.05, 3.63) is 18.0 Å². The molecule has 2 heterocycles. The van der Waals surface area contributed by atoms with Crippen molar-refractivity contribution in [2.45, 2.75) is 37.6 Å². The summed E-state index contributed by atoms with van der Waals surface area (Å²) in [5, 5.41) is 15.9. The molecule has 1 saturated heterocycles. The number of carbonyl (C=O) groups excluding carboxylic acids is 2. The quantitative estimate of drug-likeness (QED) is 0.776. The predicted octanol–water partition coefficient (Wildman–Crippen LogP) is 0.0968. The molecular weight excluding hydrogens is 274 g/mol. The van der Waals surface area contributed by atoms with Crippen LogP contribution in [-0.4, -0.2) is 52.7 Å². The molecular formula is C14H21N3O4. The Hall–Kier alpha value is -1.89. The summed E-state index contributed by atoms with van der Waals surface area (Å²) >= 11 is 0. The standard InChI is InChI=1S/C14H21N3O4/c1-15-12(19)9-14(10-18)6-2-8-17(14)13(20)4-3-11-5-7-16-21-11/h5,7,18H,2-4,6,8-10H2,1H3,(H,15,19). The van der Waals surface area contributed by atoms with Gasteiger partial charge in [0.15, 0.2) is 0 Å². The van der Waals surface area contributed by atoms with Crippen LogP contribution in [0.4, 0.5) is 0 Å². The molecule has 7 nitrogen and oxygen atoms in total. The van der Waals surface area contributed by atoms with Gasteiger partial charge in [0.1, 0.15) is 5.76 Å². The van der Waals surface area contributed by atoms with E-state index >= 15 is 0 Å². The van der Waals surface area contributed by atoms with Crippen LogP contribution in [0.3, 0.4) is 0 Å². The van der Waals surface area contributed by atoms with E-state index in [1.54, 1.807) is 24.2 Å². The molecule has 0 aliphatic carbocycles. The summed E-state index contributed by atoms with van der Waals surface area (Å²) in [7, 11) is 1.55. The molecule has 1 aromatic heterocycles. The van der Waals surface area contributed by atoms with E-state index in [1.807, 2.05) is 0 Å². The van der Waals surface area contributed by atoms with E-state index in [0.29, 0.717) is 25.1 Å². The zero-order valence-corrected chi connectivity index (χ0v) is 12.2. The number of carbonyl (C=O) groups is 2. The fraction of sp³-hybridized carbons (Fsp3) is 0.643.